The van der Waals surface area contributed by atoms with Crippen LogP contribution in [-0.2, 0) is 9.59 Å². The number of ether oxygens (including phenoxy) is 1. The summed E-state index contributed by atoms with van der Waals surface area (Å²) in [5.41, 5.74) is 6.32. The van der Waals surface area contributed by atoms with E-state index in [-0.39, 0.29) is 17.3 Å². The maximum atomic E-state index is 13.5. The Morgan fingerprint density at radius 3 is 2.50 bits per heavy atom. The monoisotopic (exact) mass is 380 g/mol. The number of thioether (sulfide) groups is 1. The van der Waals surface area contributed by atoms with Gasteiger partial charge >= 0.3 is 0 Å². The van der Waals surface area contributed by atoms with Gasteiger partial charge < -0.3 is 4.74 Å². The number of aryl methyl sites for hydroxylation is 2. The minimum absolute atomic E-state index is 0.138. The molecule has 8 heteroatoms. The number of rotatable bonds is 6. The van der Waals surface area contributed by atoms with E-state index in [2.05, 4.69) is 10.9 Å². The Kier molecular flexibility index (Phi) is 6.97. The van der Waals surface area contributed by atoms with E-state index in [0.717, 1.165) is 35.0 Å². The average Bonchev–Trinajstić information content (AvgIpc) is 2.60. The Bertz CT molecular complexity index is 815. The highest BCUT2D eigenvalue weighted by molar-refractivity contribution is 8.00. The van der Waals surface area contributed by atoms with Crippen molar-refractivity contribution in [2.75, 3.05) is 12.4 Å². The normalized spacial score (nSPS) is 10.3. The van der Waals surface area contributed by atoms with Gasteiger partial charge in [0.1, 0.15) is 17.4 Å². The van der Waals surface area contributed by atoms with Crippen LogP contribution < -0.4 is 15.6 Å². The zero-order valence-electron chi connectivity index (χ0n) is 14.3. The Morgan fingerprint density at radius 2 is 1.77 bits per heavy atom. The van der Waals surface area contributed by atoms with Gasteiger partial charge in [0, 0.05) is 11.0 Å². The molecule has 138 valence electrons. The fraction of sp³-hybridized carbons (Fsp3) is 0.222. The van der Waals surface area contributed by atoms with Gasteiger partial charge in [0.25, 0.3) is 5.91 Å². The first-order valence-corrected chi connectivity index (χ1v) is 8.69. The maximum absolute atomic E-state index is 13.5. The van der Waals surface area contributed by atoms with Crippen molar-refractivity contribution in [2.45, 2.75) is 18.7 Å². The summed E-state index contributed by atoms with van der Waals surface area (Å²) in [6.07, 6.45) is 0. The van der Waals surface area contributed by atoms with E-state index in [4.69, 9.17) is 4.74 Å². The lowest BCUT2D eigenvalue weighted by molar-refractivity contribution is -0.128. The van der Waals surface area contributed by atoms with Gasteiger partial charge in [-0.25, -0.2) is 8.78 Å². The van der Waals surface area contributed by atoms with Gasteiger partial charge in [0.05, 0.1) is 5.75 Å². The number of amides is 2. The third-order valence-electron chi connectivity index (χ3n) is 3.30. The molecule has 0 saturated heterocycles. The first kappa shape index (κ1) is 19.7. The van der Waals surface area contributed by atoms with Crippen LogP contribution in [0.4, 0.5) is 8.78 Å². The summed E-state index contributed by atoms with van der Waals surface area (Å²) in [6, 6.07) is 8.73. The molecule has 26 heavy (non-hydrogen) atoms. The Balaban J connectivity index is 1.73. The second-order valence-electron chi connectivity index (χ2n) is 5.52. The fourth-order valence-corrected chi connectivity index (χ4v) is 2.67. The van der Waals surface area contributed by atoms with E-state index in [0.29, 0.717) is 5.75 Å². The van der Waals surface area contributed by atoms with Crippen molar-refractivity contribution in [2.24, 2.45) is 0 Å². The van der Waals surface area contributed by atoms with Crippen LogP contribution in [0.2, 0.25) is 0 Å². The first-order valence-electron chi connectivity index (χ1n) is 7.70. The van der Waals surface area contributed by atoms with Crippen LogP contribution in [0.3, 0.4) is 0 Å². The van der Waals surface area contributed by atoms with Crippen LogP contribution in [0.25, 0.3) is 0 Å². The number of hydrogen-bond donors (Lipinski definition) is 2. The number of carbonyl (C=O) groups is 2. The molecule has 2 amide bonds. The Hall–Kier alpha value is -2.61. The van der Waals surface area contributed by atoms with E-state index in [1.54, 1.807) is 0 Å². The van der Waals surface area contributed by atoms with Gasteiger partial charge in [0.2, 0.25) is 5.91 Å². The first-order chi connectivity index (χ1) is 12.3. The van der Waals surface area contributed by atoms with Crippen molar-refractivity contribution in [3.8, 4) is 5.75 Å². The summed E-state index contributed by atoms with van der Waals surface area (Å²) in [5, 5.41) is 0. The molecule has 0 aromatic heterocycles. The van der Waals surface area contributed by atoms with E-state index < -0.39 is 23.4 Å². The number of nitrogens with one attached hydrogen (secondary N) is 2. The second-order valence-corrected chi connectivity index (χ2v) is 6.53. The molecule has 0 spiro atoms. The zero-order valence-corrected chi connectivity index (χ0v) is 15.1. The molecule has 5 nitrogen and oxygen atoms in total. The molecule has 0 atom stereocenters. The van der Waals surface area contributed by atoms with Crippen LogP contribution in [0.1, 0.15) is 11.1 Å². The molecule has 0 radical (unpaired) electrons. The molecular weight excluding hydrogens is 362 g/mol. The van der Waals surface area contributed by atoms with Crippen molar-refractivity contribution < 1.29 is 23.1 Å². The summed E-state index contributed by atoms with van der Waals surface area (Å²) < 4.78 is 31.7. The topological polar surface area (TPSA) is 67.4 Å². The molecule has 2 rings (SSSR count). The van der Waals surface area contributed by atoms with Gasteiger partial charge in [-0.05, 0) is 43.2 Å². The van der Waals surface area contributed by atoms with Crippen LogP contribution in [0.5, 0.6) is 5.75 Å². The number of hydrogen-bond acceptors (Lipinski definition) is 4. The highest BCUT2D eigenvalue weighted by Crippen LogP contribution is 2.22. The Labute approximate surface area is 154 Å². The number of hydrazine groups is 1. The van der Waals surface area contributed by atoms with E-state index in [9.17, 15) is 18.4 Å². The van der Waals surface area contributed by atoms with E-state index in [1.165, 1.54) is 6.07 Å². The maximum Gasteiger partial charge on any atom is 0.276 e. The van der Waals surface area contributed by atoms with Crippen molar-refractivity contribution in [1.82, 2.24) is 10.9 Å². The predicted molar refractivity (Wildman–Crippen MR) is 94.8 cm³/mol. The summed E-state index contributed by atoms with van der Waals surface area (Å²) in [6.45, 7) is 3.51. The molecule has 2 N–H and O–H groups in total. The van der Waals surface area contributed by atoms with Crippen molar-refractivity contribution >= 4 is 23.6 Å². The summed E-state index contributed by atoms with van der Waals surface area (Å²) in [5.74, 6) is -2.04. The average molecular weight is 380 g/mol. The van der Waals surface area contributed by atoms with Crippen LogP contribution in [0.15, 0.2) is 41.3 Å². The molecule has 0 unspecified atom stereocenters. The number of halogens is 2. The van der Waals surface area contributed by atoms with Gasteiger partial charge in [0.15, 0.2) is 6.61 Å². The molecule has 0 fully saturated rings. The number of carbonyl (C=O) groups excluding carboxylic acids is 2. The predicted octanol–water partition coefficient (Wildman–Crippen LogP) is 2.90. The molecule has 2 aromatic carbocycles. The molecule has 0 saturated carbocycles. The standard InChI is InChI=1S/C18H18F2N2O3S/c1-11-3-4-12(2)15(7-11)25-9-17(23)21-22-18(24)10-26-16-6-5-13(19)8-14(16)20/h3-8H,9-10H2,1-2H3,(H,21,23)(H,22,24). The summed E-state index contributed by atoms with van der Waals surface area (Å²) in [7, 11) is 0. The molecule has 0 aliphatic rings. The van der Waals surface area contributed by atoms with Gasteiger partial charge in [-0.2, -0.15) is 0 Å². The van der Waals surface area contributed by atoms with Crippen molar-refractivity contribution in [3.05, 3.63) is 59.2 Å². The van der Waals surface area contributed by atoms with E-state index in [1.807, 2.05) is 32.0 Å². The highest BCUT2D eigenvalue weighted by Gasteiger charge is 2.10. The SMILES string of the molecule is Cc1ccc(C)c(OCC(=O)NNC(=O)CSc2ccc(F)cc2F)c1. The quantitative estimate of drug-likeness (QED) is 0.597. The van der Waals surface area contributed by atoms with Crippen molar-refractivity contribution in [3.63, 3.8) is 0 Å². The molecule has 2 aromatic rings. The van der Waals surface area contributed by atoms with Crippen molar-refractivity contribution in [1.29, 1.82) is 0 Å². The molecule has 0 heterocycles. The third-order valence-corrected chi connectivity index (χ3v) is 4.35. The van der Waals surface area contributed by atoms with Gasteiger partial charge in [-0.1, -0.05) is 12.1 Å². The van der Waals surface area contributed by atoms with Crippen LogP contribution >= 0.6 is 11.8 Å². The second kappa shape index (κ2) is 9.19. The fourth-order valence-electron chi connectivity index (χ4n) is 1.95. The molecule has 0 aliphatic carbocycles. The molecule has 0 aliphatic heterocycles. The zero-order chi connectivity index (χ0) is 19.1. The smallest absolute Gasteiger partial charge is 0.276 e. The lowest BCUT2D eigenvalue weighted by Crippen LogP contribution is -2.44. The van der Waals surface area contributed by atoms with Crippen LogP contribution in [-0.4, -0.2) is 24.2 Å². The summed E-state index contributed by atoms with van der Waals surface area (Å²) >= 11 is 0.893. The third kappa shape index (κ3) is 6.03. The minimum atomic E-state index is -0.742. The molecule has 0 bridgehead atoms. The van der Waals surface area contributed by atoms with Crippen LogP contribution in [0, 0.1) is 25.5 Å². The Morgan fingerprint density at radius 1 is 1.04 bits per heavy atom. The largest absolute Gasteiger partial charge is 0.483 e. The lowest BCUT2D eigenvalue weighted by Gasteiger charge is -2.11. The highest BCUT2D eigenvalue weighted by atomic mass is 32.2. The number of benzene rings is 2. The lowest BCUT2D eigenvalue weighted by atomic mass is 10.1. The summed E-state index contributed by atoms with van der Waals surface area (Å²) in [4.78, 5) is 23.6. The van der Waals surface area contributed by atoms with E-state index >= 15 is 0 Å². The molecular formula is C18H18F2N2O3S. The van der Waals surface area contributed by atoms with Gasteiger partial charge in [-0.15, -0.1) is 11.8 Å². The van der Waals surface area contributed by atoms with Gasteiger partial charge in [-0.3, -0.25) is 20.4 Å². The minimum Gasteiger partial charge on any atom is -0.483 e.